The van der Waals surface area contributed by atoms with Crippen LogP contribution in [0.15, 0.2) is 23.1 Å². The summed E-state index contributed by atoms with van der Waals surface area (Å²) < 4.78 is 0. The van der Waals surface area contributed by atoms with Crippen molar-refractivity contribution in [1.29, 1.82) is 5.41 Å². The van der Waals surface area contributed by atoms with Crippen molar-refractivity contribution in [3.05, 3.63) is 23.8 Å². The maximum atomic E-state index is 9.59. The summed E-state index contributed by atoms with van der Waals surface area (Å²) in [5, 5.41) is 17.4. The number of nitrogens with one attached hydrogen (secondary N) is 1. The molecule has 0 saturated carbocycles. The minimum Gasteiger partial charge on any atom is -0.393 e. The Morgan fingerprint density at radius 3 is 2.74 bits per heavy atom. The topological polar surface area (TPSA) is 73.3 Å². The molecule has 0 aliphatic carbocycles. The molecule has 0 aromatic heterocycles. The van der Waals surface area contributed by atoms with E-state index < -0.39 is 0 Å². The number of hydrogen-bond acceptors (Lipinski definition) is 4. The van der Waals surface area contributed by atoms with Crippen molar-refractivity contribution in [1.82, 2.24) is 0 Å². The fourth-order valence-electron chi connectivity index (χ4n) is 2.44. The third-order valence-corrected chi connectivity index (χ3v) is 4.32. The van der Waals surface area contributed by atoms with Gasteiger partial charge in [0.15, 0.2) is 0 Å². The number of anilines is 1. The van der Waals surface area contributed by atoms with E-state index in [1.54, 1.807) is 11.8 Å². The number of nitrogen functional groups attached to an aromatic ring is 1. The molecule has 1 heterocycles. The first kappa shape index (κ1) is 14.2. The maximum Gasteiger partial charge on any atom is 0.126 e. The Morgan fingerprint density at radius 1 is 1.47 bits per heavy atom. The second-order valence-corrected chi connectivity index (χ2v) is 6.02. The van der Waals surface area contributed by atoms with Gasteiger partial charge in [0.25, 0.3) is 0 Å². The van der Waals surface area contributed by atoms with E-state index in [0.29, 0.717) is 0 Å². The lowest BCUT2D eigenvalue weighted by Gasteiger charge is -2.33. The van der Waals surface area contributed by atoms with Crippen molar-refractivity contribution >= 4 is 23.3 Å². The zero-order valence-electron chi connectivity index (χ0n) is 11.2. The van der Waals surface area contributed by atoms with E-state index in [9.17, 15) is 5.11 Å². The quantitative estimate of drug-likeness (QED) is 0.448. The summed E-state index contributed by atoms with van der Waals surface area (Å²) in [4.78, 5) is 3.29. The highest BCUT2D eigenvalue weighted by Crippen LogP contribution is 2.32. The lowest BCUT2D eigenvalue weighted by Crippen LogP contribution is -2.37. The molecule has 0 amide bonds. The first-order valence-electron chi connectivity index (χ1n) is 6.66. The molecular formula is C14H21N3OS. The van der Waals surface area contributed by atoms with Crippen LogP contribution in [0.4, 0.5) is 5.69 Å². The zero-order valence-corrected chi connectivity index (χ0v) is 12.0. The van der Waals surface area contributed by atoms with E-state index >= 15 is 0 Å². The number of benzene rings is 1. The molecule has 4 nitrogen and oxygen atoms in total. The van der Waals surface area contributed by atoms with Gasteiger partial charge in [0.2, 0.25) is 0 Å². The third-order valence-electron chi connectivity index (χ3n) is 3.38. The largest absolute Gasteiger partial charge is 0.393 e. The van der Waals surface area contributed by atoms with Crippen molar-refractivity contribution in [2.24, 2.45) is 5.73 Å². The molecule has 1 aliphatic rings. The van der Waals surface area contributed by atoms with Crippen LogP contribution in [0.1, 0.15) is 25.3 Å². The number of rotatable bonds is 4. The van der Waals surface area contributed by atoms with Crippen LogP contribution in [0, 0.1) is 5.41 Å². The summed E-state index contributed by atoms with van der Waals surface area (Å²) in [6, 6.07) is 6.06. The highest BCUT2D eigenvalue weighted by Gasteiger charge is 2.21. The van der Waals surface area contributed by atoms with Gasteiger partial charge >= 0.3 is 0 Å². The Kier molecular flexibility index (Phi) is 4.71. The molecule has 0 bridgehead atoms. The van der Waals surface area contributed by atoms with E-state index in [1.165, 1.54) is 0 Å². The van der Waals surface area contributed by atoms with Gasteiger partial charge < -0.3 is 15.7 Å². The Hall–Kier alpha value is -1.20. The number of piperidine rings is 1. The number of hydrogen-bond donors (Lipinski definition) is 3. The van der Waals surface area contributed by atoms with Crippen LogP contribution in [0.2, 0.25) is 0 Å². The minimum absolute atomic E-state index is 0.123. The van der Waals surface area contributed by atoms with Crippen molar-refractivity contribution in [3.8, 4) is 0 Å². The van der Waals surface area contributed by atoms with Crippen molar-refractivity contribution in [2.75, 3.05) is 23.7 Å². The molecule has 19 heavy (non-hydrogen) atoms. The van der Waals surface area contributed by atoms with E-state index in [-0.39, 0.29) is 11.9 Å². The molecule has 0 spiro atoms. The lowest BCUT2D eigenvalue weighted by atomic mass is 10.0. The first-order valence-corrected chi connectivity index (χ1v) is 7.65. The number of amidine groups is 1. The second kappa shape index (κ2) is 6.30. The Morgan fingerprint density at radius 2 is 2.16 bits per heavy atom. The first-order chi connectivity index (χ1) is 9.13. The minimum atomic E-state index is -0.190. The molecule has 0 unspecified atom stereocenters. The van der Waals surface area contributed by atoms with Gasteiger partial charge in [-0.05, 0) is 30.7 Å². The average Bonchev–Trinajstić information content (AvgIpc) is 2.39. The van der Waals surface area contributed by atoms with Crippen molar-refractivity contribution < 1.29 is 5.11 Å². The lowest BCUT2D eigenvalue weighted by molar-refractivity contribution is 0.145. The molecule has 1 saturated heterocycles. The van der Waals surface area contributed by atoms with Gasteiger partial charge in [0.05, 0.1) is 11.7 Å². The maximum absolute atomic E-state index is 9.59. The van der Waals surface area contributed by atoms with Gasteiger partial charge in [-0.1, -0.05) is 13.0 Å². The fraction of sp³-hybridized carbons (Fsp3) is 0.500. The SMILES string of the molecule is CCSc1cccc(N2CCC(O)CC2)c1C(=N)N. The van der Waals surface area contributed by atoms with Crippen LogP contribution >= 0.6 is 11.8 Å². The number of thioether (sulfide) groups is 1. The van der Waals surface area contributed by atoms with Gasteiger partial charge in [-0.25, -0.2) is 0 Å². The highest BCUT2D eigenvalue weighted by atomic mass is 32.2. The molecule has 2 rings (SSSR count). The molecule has 1 aliphatic heterocycles. The summed E-state index contributed by atoms with van der Waals surface area (Å²) in [7, 11) is 0. The Balaban J connectivity index is 2.33. The molecular weight excluding hydrogens is 258 g/mol. The number of nitrogens with zero attached hydrogens (tertiary/aromatic N) is 1. The number of aliphatic hydroxyl groups is 1. The predicted octanol–water partition coefficient (Wildman–Crippen LogP) is 2.04. The van der Waals surface area contributed by atoms with E-state index in [4.69, 9.17) is 11.1 Å². The van der Waals surface area contributed by atoms with E-state index in [1.807, 2.05) is 18.2 Å². The summed E-state index contributed by atoms with van der Waals surface area (Å²) in [5.74, 6) is 1.08. The summed E-state index contributed by atoms with van der Waals surface area (Å²) in [5.41, 5.74) is 7.64. The predicted molar refractivity (Wildman–Crippen MR) is 81.3 cm³/mol. The number of aliphatic hydroxyl groups excluding tert-OH is 1. The second-order valence-electron chi connectivity index (χ2n) is 4.72. The molecule has 1 fully saturated rings. The smallest absolute Gasteiger partial charge is 0.126 e. The van der Waals surface area contributed by atoms with E-state index in [2.05, 4.69) is 11.8 Å². The molecule has 104 valence electrons. The molecule has 0 atom stereocenters. The van der Waals surface area contributed by atoms with Gasteiger partial charge in [0, 0.05) is 23.7 Å². The third kappa shape index (κ3) is 3.22. The average molecular weight is 279 g/mol. The van der Waals surface area contributed by atoms with Crippen LogP contribution < -0.4 is 10.6 Å². The van der Waals surface area contributed by atoms with Crippen molar-refractivity contribution in [2.45, 2.75) is 30.8 Å². The number of nitrogens with two attached hydrogens (primary N) is 1. The highest BCUT2D eigenvalue weighted by molar-refractivity contribution is 7.99. The molecule has 5 heteroatoms. The fourth-order valence-corrected chi connectivity index (χ4v) is 3.28. The molecule has 0 radical (unpaired) electrons. The van der Waals surface area contributed by atoms with Crippen LogP contribution in [0.25, 0.3) is 0 Å². The Labute approximate surface area is 118 Å². The molecule has 4 N–H and O–H groups in total. The monoisotopic (exact) mass is 279 g/mol. The standard InChI is InChI=1S/C14H21N3OS/c1-2-19-12-5-3-4-11(13(12)14(15)16)17-8-6-10(18)7-9-17/h3-5,10,18H,2,6-9H2,1H3,(H3,15,16). The van der Waals surface area contributed by atoms with E-state index in [0.717, 1.165) is 47.8 Å². The van der Waals surface area contributed by atoms with Gasteiger partial charge in [-0.2, -0.15) is 0 Å². The van der Waals surface area contributed by atoms with Crippen LogP contribution in [-0.2, 0) is 0 Å². The Bertz CT molecular complexity index is 456. The van der Waals surface area contributed by atoms with Gasteiger partial charge in [-0.15, -0.1) is 11.8 Å². The van der Waals surface area contributed by atoms with Gasteiger partial charge in [-0.3, -0.25) is 5.41 Å². The van der Waals surface area contributed by atoms with Crippen molar-refractivity contribution in [3.63, 3.8) is 0 Å². The zero-order chi connectivity index (χ0) is 13.8. The summed E-state index contributed by atoms with van der Waals surface area (Å²) in [6.45, 7) is 3.74. The van der Waals surface area contributed by atoms with Crippen LogP contribution in [0.5, 0.6) is 0 Å². The van der Waals surface area contributed by atoms with Crippen LogP contribution in [-0.4, -0.2) is 35.9 Å². The summed E-state index contributed by atoms with van der Waals surface area (Å²) >= 11 is 1.71. The van der Waals surface area contributed by atoms with Gasteiger partial charge in [0.1, 0.15) is 5.84 Å². The van der Waals surface area contributed by atoms with Crippen LogP contribution in [0.3, 0.4) is 0 Å². The summed E-state index contributed by atoms with van der Waals surface area (Å²) in [6.07, 6.45) is 1.37. The molecule has 1 aromatic carbocycles. The molecule has 1 aromatic rings. The normalized spacial score (nSPS) is 16.6.